The van der Waals surface area contributed by atoms with Crippen molar-refractivity contribution in [3.8, 4) is 0 Å². The summed E-state index contributed by atoms with van der Waals surface area (Å²) in [4.78, 5) is 10.1. The van der Waals surface area contributed by atoms with E-state index in [0.717, 1.165) is 16.9 Å². The standard InChI is InChI=1S/C9H9N3/c1-7-8-5-10-4-3-9(8)11-6-12(7)2/h3-6H,1H2,2H3. The lowest BCUT2D eigenvalue weighted by Crippen LogP contribution is -2.16. The minimum Gasteiger partial charge on any atom is -0.335 e. The fraction of sp³-hybridized carbons (Fsp3) is 0.111. The maximum atomic E-state index is 4.22. The number of aromatic nitrogens is 1. The van der Waals surface area contributed by atoms with Gasteiger partial charge < -0.3 is 4.90 Å². The van der Waals surface area contributed by atoms with E-state index in [1.54, 1.807) is 18.7 Å². The molecular formula is C9H9N3. The summed E-state index contributed by atoms with van der Waals surface area (Å²) >= 11 is 0. The van der Waals surface area contributed by atoms with Gasteiger partial charge in [-0.05, 0) is 6.07 Å². The molecule has 0 aliphatic carbocycles. The lowest BCUT2D eigenvalue weighted by molar-refractivity contribution is 0.735. The van der Waals surface area contributed by atoms with Crippen LogP contribution < -0.4 is 0 Å². The number of hydrogen-bond donors (Lipinski definition) is 0. The molecule has 0 saturated carbocycles. The summed E-state index contributed by atoms with van der Waals surface area (Å²) in [7, 11) is 1.92. The van der Waals surface area contributed by atoms with Crippen molar-refractivity contribution in [1.82, 2.24) is 9.88 Å². The molecule has 0 N–H and O–H groups in total. The SMILES string of the molecule is C=C1c2cnccc2N=CN1C. The minimum absolute atomic E-state index is 0.938. The fourth-order valence-corrected chi connectivity index (χ4v) is 1.13. The van der Waals surface area contributed by atoms with E-state index < -0.39 is 0 Å². The van der Waals surface area contributed by atoms with Crippen LogP contribution in [0, 0.1) is 0 Å². The van der Waals surface area contributed by atoms with Crippen LogP contribution in [-0.4, -0.2) is 23.3 Å². The summed E-state index contributed by atoms with van der Waals surface area (Å²) in [5.41, 5.74) is 2.88. The van der Waals surface area contributed by atoms with E-state index >= 15 is 0 Å². The van der Waals surface area contributed by atoms with Gasteiger partial charge in [0, 0.05) is 30.7 Å². The predicted octanol–water partition coefficient (Wildman–Crippen LogP) is 1.66. The highest BCUT2D eigenvalue weighted by Gasteiger charge is 2.11. The summed E-state index contributed by atoms with van der Waals surface area (Å²) < 4.78 is 0. The number of aliphatic imine (C=N–C) groups is 1. The molecule has 0 bridgehead atoms. The van der Waals surface area contributed by atoms with Crippen molar-refractivity contribution in [1.29, 1.82) is 0 Å². The zero-order valence-electron chi connectivity index (χ0n) is 6.86. The van der Waals surface area contributed by atoms with E-state index in [9.17, 15) is 0 Å². The molecule has 0 atom stereocenters. The van der Waals surface area contributed by atoms with E-state index in [2.05, 4.69) is 16.6 Å². The maximum Gasteiger partial charge on any atom is 0.0954 e. The van der Waals surface area contributed by atoms with Crippen molar-refractivity contribution in [2.45, 2.75) is 0 Å². The Bertz CT molecular complexity index is 355. The van der Waals surface area contributed by atoms with E-state index in [-0.39, 0.29) is 0 Å². The van der Waals surface area contributed by atoms with E-state index in [0.29, 0.717) is 0 Å². The Labute approximate surface area is 71.1 Å². The first-order chi connectivity index (χ1) is 5.79. The molecule has 0 saturated heterocycles. The highest BCUT2D eigenvalue weighted by molar-refractivity contribution is 5.85. The lowest BCUT2D eigenvalue weighted by Gasteiger charge is -2.21. The second-order valence-corrected chi connectivity index (χ2v) is 2.69. The molecule has 0 amide bonds. The quantitative estimate of drug-likeness (QED) is 0.576. The van der Waals surface area contributed by atoms with Crippen LogP contribution in [0.1, 0.15) is 5.56 Å². The molecule has 1 aliphatic heterocycles. The van der Waals surface area contributed by atoms with Gasteiger partial charge >= 0.3 is 0 Å². The van der Waals surface area contributed by atoms with Crippen molar-refractivity contribution < 1.29 is 0 Å². The Balaban J connectivity index is 2.59. The van der Waals surface area contributed by atoms with Crippen molar-refractivity contribution in [2.75, 3.05) is 7.05 Å². The molecule has 1 aliphatic rings. The zero-order valence-corrected chi connectivity index (χ0v) is 6.86. The molecule has 1 aromatic rings. The third-order valence-corrected chi connectivity index (χ3v) is 1.90. The van der Waals surface area contributed by atoms with E-state index in [4.69, 9.17) is 0 Å². The van der Waals surface area contributed by atoms with Gasteiger partial charge in [-0.1, -0.05) is 6.58 Å². The predicted molar refractivity (Wildman–Crippen MR) is 49.2 cm³/mol. The van der Waals surface area contributed by atoms with Gasteiger partial charge in [0.25, 0.3) is 0 Å². The van der Waals surface area contributed by atoms with Crippen LogP contribution >= 0.6 is 0 Å². The molecule has 1 aromatic heterocycles. The van der Waals surface area contributed by atoms with Gasteiger partial charge in [-0.2, -0.15) is 0 Å². The highest BCUT2D eigenvalue weighted by atomic mass is 15.2. The third kappa shape index (κ3) is 0.906. The van der Waals surface area contributed by atoms with E-state index in [1.807, 2.05) is 18.0 Å². The van der Waals surface area contributed by atoms with Gasteiger partial charge in [0.1, 0.15) is 0 Å². The average Bonchev–Trinajstić information content (AvgIpc) is 2.12. The minimum atomic E-state index is 0.938. The van der Waals surface area contributed by atoms with Crippen LogP contribution in [-0.2, 0) is 0 Å². The van der Waals surface area contributed by atoms with Crippen LogP contribution in [0.4, 0.5) is 5.69 Å². The molecule has 0 radical (unpaired) electrons. The topological polar surface area (TPSA) is 28.5 Å². The Kier molecular flexibility index (Phi) is 1.43. The van der Waals surface area contributed by atoms with Gasteiger partial charge in [0.05, 0.1) is 12.0 Å². The van der Waals surface area contributed by atoms with Crippen LogP contribution in [0.3, 0.4) is 0 Å². The normalized spacial score (nSPS) is 14.8. The van der Waals surface area contributed by atoms with Gasteiger partial charge in [-0.25, -0.2) is 4.99 Å². The zero-order chi connectivity index (χ0) is 8.55. The average molecular weight is 159 g/mol. The third-order valence-electron chi connectivity index (χ3n) is 1.90. The molecule has 0 unspecified atom stereocenters. The summed E-state index contributed by atoms with van der Waals surface area (Å²) in [6.07, 6.45) is 5.27. The van der Waals surface area contributed by atoms with Crippen molar-refractivity contribution >= 4 is 17.7 Å². The fourth-order valence-electron chi connectivity index (χ4n) is 1.13. The Morgan fingerprint density at radius 1 is 1.50 bits per heavy atom. The lowest BCUT2D eigenvalue weighted by atomic mass is 10.1. The van der Waals surface area contributed by atoms with Crippen molar-refractivity contribution in [2.24, 2.45) is 4.99 Å². The molecule has 2 heterocycles. The highest BCUT2D eigenvalue weighted by Crippen LogP contribution is 2.28. The van der Waals surface area contributed by atoms with Crippen molar-refractivity contribution in [3.05, 3.63) is 30.6 Å². The smallest absolute Gasteiger partial charge is 0.0954 e. The number of nitrogens with zero attached hydrogens (tertiary/aromatic N) is 3. The molecule has 12 heavy (non-hydrogen) atoms. The first-order valence-corrected chi connectivity index (χ1v) is 3.69. The molecule has 60 valence electrons. The first-order valence-electron chi connectivity index (χ1n) is 3.69. The van der Waals surface area contributed by atoms with Crippen LogP contribution in [0.2, 0.25) is 0 Å². The molecule has 0 aromatic carbocycles. The summed E-state index contributed by atoms with van der Waals surface area (Å²) in [6, 6.07) is 1.88. The Morgan fingerprint density at radius 3 is 3.17 bits per heavy atom. The largest absolute Gasteiger partial charge is 0.335 e. The first kappa shape index (κ1) is 7.03. The number of fused-ring (bicyclic) bond motifs is 1. The van der Waals surface area contributed by atoms with Crippen LogP contribution in [0.5, 0.6) is 0 Å². The Morgan fingerprint density at radius 2 is 2.33 bits per heavy atom. The summed E-state index contributed by atoms with van der Waals surface area (Å²) in [5.74, 6) is 0. The van der Waals surface area contributed by atoms with Gasteiger partial charge in [-0.15, -0.1) is 0 Å². The van der Waals surface area contributed by atoms with Gasteiger partial charge in [-0.3, -0.25) is 4.98 Å². The molecular weight excluding hydrogens is 150 g/mol. The summed E-state index contributed by atoms with van der Waals surface area (Å²) in [5, 5.41) is 0. The second kappa shape index (κ2) is 2.44. The molecule has 3 nitrogen and oxygen atoms in total. The van der Waals surface area contributed by atoms with Crippen LogP contribution in [0.15, 0.2) is 30.0 Å². The molecule has 0 fully saturated rings. The monoisotopic (exact) mass is 159 g/mol. The Hall–Kier alpha value is -1.64. The van der Waals surface area contributed by atoms with Crippen molar-refractivity contribution in [3.63, 3.8) is 0 Å². The summed E-state index contributed by atoms with van der Waals surface area (Å²) in [6.45, 7) is 3.93. The van der Waals surface area contributed by atoms with Gasteiger partial charge in [0.15, 0.2) is 0 Å². The molecule has 3 heteroatoms. The number of hydrogen-bond acceptors (Lipinski definition) is 3. The van der Waals surface area contributed by atoms with Gasteiger partial charge in [0.2, 0.25) is 0 Å². The molecule has 0 spiro atoms. The van der Waals surface area contributed by atoms with E-state index in [1.165, 1.54) is 0 Å². The molecule has 2 rings (SSSR count). The number of rotatable bonds is 0. The van der Waals surface area contributed by atoms with Crippen LogP contribution in [0.25, 0.3) is 5.70 Å². The number of pyridine rings is 1. The second-order valence-electron chi connectivity index (χ2n) is 2.69. The maximum absolute atomic E-state index is 4.22.